The number of aromatic nitrogens is 1. The molecule has 0 bridgehead atoms. The van der Waals surface area contributed by atoms with Gasteiger partial charge in [-0.15, -0.1) is 0 Å². The summed E-state index contributed by atoms with van der Waals surface area (Å²) in [4.78, 5) is 3.04. The van der Waals surface area contributed by atoms with Crippen molar-refractivity contribution in [3.05, 3.63) is 143 Å². The van der Waals surface area contributed by atoms with E-state index in [0.717, 1.165) is 0 Å². The molecule has 0 spiro atoms. The zero-order valence-electron chi connectivity index (χ0n) is 14.5. The van der Waals surface area contributed by atoms with Crippen LogP contribution in [0.2, 0.25) is 0 Å². The van der Waals surface area contributed by atoms with Crippen molar-refractivity contribution in [1.29, 1.82) is 0 Å². The highest BCUT2D eigenvalue weighted by atomic mass is 14.6. The molecular weight excluding hydrogens is 314 g/mol. The van der Waals surface area contributed by atoms with Gasteiger partial charge in [-0.05, 0) is 33.9 Å². The number of nitrogens with one attached hydrogen (secondary N) is 1. The van der Waals surface area contributed by atoms with Gasteiger partial charge in [-0.1, -0.05) is 97.2 Å². The Morgan fingerprint density at radius 3 is 2.23 bits per heavy atom. The average Bonchev–Trinajstić information content (AvgIpc) is 3.19. The zero-order valence-corrected chi connectivity index (χ0v) is 14.5. The van der Waals surface area contributed by atoms with Gasteiger partial charge in [0.1, 0.15) is 0 Å². The smallest absolute Gasteiger partial charge is 0.0635 e. The first-order chi connectivity index (χ1) is 12.9. The van der Waals surface area contributed by atoms with Crippen LogP contribution >= 0.6 is 0 Å². The summed E-state index contributed by atoms with van der Waals surface area (Å²) in [5.74, 6) is 1.34. The van der Waals surface area contributed by atoms with Crippen molar-refractivity contribution in [2.75, 3.05) is 0 Å². The molecule has 1 heterocycles. The third kappa shape index (κ3) is 3.52. The molecule has 125 valence electrons. The summed E-state index contributed by atoms with van der Waals surface area (Å²) >= 11 is 0. The fourth-order valence-electron chi connectivity index (χ4n) is 3.19. The summed E-state index contributed by atoms with van der Waals surface area (Å²) in [5.41, 5.74) is 6.31. The lowest BCUT2D eigenvalue weighted by molar-refractivity contribution is 1.16. The molecule has 1 heteroatoms. The molecule has 1 aromatic heterocycles. The number of hydrogen-bond donors (Lipinski definition) is 1. The van der Waals surface area contributed by atoms with E-state index in [1.165, 1.54) is 33.8 Å². The lowest BCUT2D eigenvalue weighted by atomic mass is 9.73. The second-order valence-corrected chi connectivity index (χ2v) is 6.17. The summed E-state index contributed by atoms with van der Waals surface area (Å²) < 4.78 is 0. The largest absolute Gasteiger partial charge is 0.367 e. The number of H-pyrrole nitrogens is 1. The van der Waals surface area contributed by atoms with E-state index in [-0.39, 0.29) is 0 Å². The summed E-state index contributed by atoms with van der Waals surface area (Å²) in [6, 6.07) is 2.04. The number of aromatic amines is 1. The molecule has 0 fully saturated rings. The van der Waals surface area contributed by atoms with Gasteiger partial charge in [0, 0.05) is 12.4 Å². The molecule has 1 nitrogen and oxygen atoms in total. The van der Waals surface area contributed by atoms with Crippen LogP contribution in [-0.2, 0) is 0 Å². The van der Waals surface area contributed by atoms with E-state index >= 15 is 0 Å². The molecule has 4 rings (SSSR count). The third-order valence-corrected chi connectivity index (χ3v) is 4.43. The van der Waals surface area contributed by atoms with Gasteiger partial charge in [0.05, 0.1) is 5.92 Å². The Hall–Kier alpha value is -3.32. The molecule has 0 saturated heterocycles. The maximum absolute atomic E-state index is 3.04. The first-order valence-electron chi connectivity index (χ1n) is 8.80. The maximum atomic E-state index is 3.04. The van der Waals surface area contributed by atoms with Crippen LogP contribution in [0.1, 0.15) is 5.56 Å². The normalized spacial score (nSPS) is 19.4. The van der Waals surface area contributed by atoms with Crippen molar-refractivity contribution >= 4 is 6.08 Å². The Morgan fingerprint density at radius 1 is 0.692 bits per heavy atom. The molecule has 0 atom stereocenters. The van der Waals surface area contributed by atoms with E-state index in [4.69, 9.17) is 0 Å². The standard InChI is InChI=1S/C25H20N/c1(3-5-9-20-17-18-26-19-20)2-4-6-10-21-15-16-23-12-7-11-22-13-8-14-24(21)25(22)23/h1-19,26H/b3-1+,4-2+,9-5+,10-6+. The fourth-order valence-corrected chi connectivity index (χ4v) is 3.19. The van der Waals surface area contributed by atoms with Crippen molar-refractivity contribution in [3.8, 4) is 0 Å². The van der Waals surface area contributed by atoms with Gasteiger partial charge in [0.25, 0.3) is 0 Å². The summed E-state index contributed by atoms with van der Waals surface area (Å²) in [7, 11) is 0. The highest BCUT2D eigenvalue weighted by Gasteiger charge is 2.28. The molecule has 0 aliphatic heterocycles. The van der Waals surface area contributed by atoms with Crippen LogP contribution in [0.25, 0.3) is 6.08 Å². The quantitative estimate of drug-likeness (QED) is 0.623. The van der Waals surface area contributed by atoms with Crippen LogP contribution in [0.15, 0.2) is 132 Å². The zero-order chi connectivity index (χ0) is 17.6. The minimum absolute atomic E-state index is 1.17. The first kappa shape index (κ1) is 16.2. The summed E-state index contributed by atoms with van der Waals surface area (Å²) in [6.07, 6.45) is 37.8. The Kier molecular flexibility index (Phi) is 4.79. The second-order valence-electron chi connectivity index (χ2n) is 6.17. The van der Waals surface area contributed by atoms with Crippen LogP contribution in [0.4, 0.5) is 0 Å². The lowest BCUT2D eigenvalue weighted by Crippen LogP contribution is -2.14. The van der Waals surface area contributed by atoms with Crippen LogP contribution in [-0.4, -0.2) is 4.98 Å². The molecule has 1 aromatic rings. The van der Waals surface area contributed by atoms with Crippen LogP contribution < -0.4 is 0 Å². The molecule has 0 amide bonds. The first-order valence-corrected chi connectivity index (χ1v) is 8.80. The van der Waals surface area contributed by atoms with Crippen LogP contribution in [0.5, 0.6) is 0 Å². The van der Waals surface area contributed by atoms with Crippen molar-refractivity contribution in [2.45, 2.75) is 0 Å². The van der Waals surface area contributed by atoms with E-state index in [1.807, 2.05) is 42.8 Å². The SMILES string of the molecule is C1=CC2=CC=CC3=CC=C(/C=C/C=C/C=C/C=C/c4cc[nH]c4)C(=C1)[C]23. The Morgan fingerprint density at radius 2 is 1.42 bits per heavy atom. The fraction of sp³-hybridized carbons (Fsp3) is 0. The van der Waals surface area contributed by atoms with Gasteiger partial charge in [-0.2, -0.15) is 0 Å². The Balaban J connectivity index is 1.39. The predicted octanol–water partition coefficient (Wildman–Crippen LogP) is 6.13. The Bertz CT molecular complexity index is 961. The maximum Gasteiger partial charge on any atom is 0.0635 e. The minimum Gasteiger partial charge on any atom is -0.367 e. The lowest BCUT2D eigenvalue weighted by Gasteiger charge is -2.30. The number of rotatable bonds is 5. The third-order valence-electron chi connectivity index (χ3n) is 4.43. The minimum atomic E-state index is 1.17. The van der Waals surface area contributed by atoms with Crippen LogP contribution in [0, 0.1) is 5.92 Å². The van der Waals surface area contributed by atoms with E-state index in [2.05, 4.69) is 77.9 Å². The van der Waals surface area contributed by atoms with E-state index in [9.17, 15) is 0 Å². The van der Waals surface area contributed by atoms with Gasteiger partial charge >= 0.3 is 0 Å². The number of hydrogen-bond acceptors (Lipinski definition) is 0. The van der Waals surface area contributed by atoms with E-state index in [0.29, 0.717) is 0 Å². The Labute approximate surface area is 154 Å². The van der Waals surface area contributed by atoms with Crippen molar-refractivity contribution < 1.29 is 0 Å². The van der Waals surface area contributed by atoms with Gasteiger partial charge in [-0.25, -0.2) is 0 Å². The predicted molar refractivity (Wildman–Crippen MR) is 111 cm³/mol. The molecule has 0 aromatic carbocycles. The average molecular weight is 334 g/mol. The molecule has 3 aliphatic rings. The monoisotopic (exact) mass is 334 g/mol. The molecular formula is C25H20N. The van der Waals surface area contributed by atoms with Gasteiger partial charge < -0.3 is 4.98 Å². The van der Waals surface area contributed by atoms with Gasteiger partial charge in [0.15, 0.2) is 0 Å². The van der Waals surface area contributed by atoms with E-state index < -0.39 is 0 Å². The van der Waals surface area contributed by atoms with E-state index in [1.54, 1.807) is 0 Å². The highest BCUT2D eigenvalue weighted by Crippen LogP contribution is 2.43. The van der Waals surface area contributed by atoms with Gasteiger partial charge in [0.2, 0.25) is 0 Å². The molecule has 1 N–H and O–H groups in total. The number of allylic oxidation sites excluding steroid dienone is 19. The molecule has 3 aliphatic carbocycles. The molecule has 1 radical (unpaired) electrons. The molecule has 0 saturated carbocycles. The van der Waals surface area contributed by atoms with Crippen molar-refractivity contribution in [3.63, 3.8) is 0 Å². The molecule has 26 heavy (non-hydrogen) atoms. The second kappa shape index (κ2) is 7.71. The molecule has 0 unspecified atom stereocenters. The highest BCUT2D eigenvalue weighted by molar-refractivity contribution is 5.75. The summed E-state index contributed by atoms with van der Waals surface area (Å²) in [6.45, 7) is 0. The van der Waals surface area contributed by atoms with Crippen molar-refractivity contribution in [2.24, 2.45) is 0 Å². The topological polar surface area (TPSA) is 15.8 Å². The van der Waals surface area contributed by atoms with Gasteiger partial charge in [-0.3, -0.25) is 0 Å². The van der Waals surface area contributed by atoms with Crippen LogP contribution in [0.3, 0.4) is 0 Å². The van der Waals surface area contributed by atoms with Crippen molar-refractivity contribution in [1.82, 2.24) is 4.98 Å². The summed E-state index contributed by atoms with van der Waals surface area (Å²) in [5, 5.41) is 0.